The van der Waals surface area contributed by atoms with Crippen molar-refractivity contribution in [1.29, 1.82) is 0 Å². The van der Waals surface area contributed by atoms with E-state index in [-0.39, 0.29) is 0 Å². The molecule has 1 unspecified atom stereocenters. The lowest BCUT2D eigenvalue weighted by molar-refractivity contribution is -0.264. The van der Waals surface area contributed by atoms with E-state index in [9.17, 15) is 19.8 Å². The first-order valence-electron chi connectivity index (χ1n) is 6.28. The number of nitrogens with two attached hydrogens (primary N) is 1. The standard InChI is InChI=1S/C11H20N2O8/c1-4(16)13-7-9(18)8(17)6(3-15)20-11(7)21-10(19)5(12)2-14/h5-9,11,14-15,17-18H,2-3,12H2,1H3,(H,13,16)/t5-,6+,7+,8+,9+,11?/m0/s1. The smallest absolute Gasteiger partial charge is 0.327 e. The van der Waals surface area contributed by atoms with Gasteiger partial charge in [-0.05, 0) is 0 Å². The Morgan fingerprint density at radius 3 is 2.43 bits per heavy atom. The Hall–Kier alpha value is -1.30. The highest BCUT2D eigenvalue weighted by Gasteiger charge is 2.46. The van der Waals surface area contributed by atoms with Crippen molar-refractivity contribution in [3.63, 3.8) is 0 Å². The molecular weight excluding hydrogens is 288 g/mol. The Balaban J connectivity index is 2.88. The third-order valence-electron chi connectivity index (χ3n) is 2.98. The molecule has 1 rings (SSSR count). The quantitative estimate of drug-likeness (QED) is 0.275. The minimum Gasteiger partial charge on any atom is -0.432 e. The molecule has 1 aliphatic rings. The first-order valence-corrected chi connectivity index (χ1v) is 6.28. The minimum absolute atomic E-state index is 0.551. The number of esters is 1. The molecule has 0 aromatic rings. The van der Waals surface area contributed by atoms with Gasteiger partial charge in [-0.1, -0.05) is 0 Å². The Bertz CT molecular complexity index is 379. The van der Waals surface area contributed by atoms with E-state index in [4.69, 9.17) is 25.4 Å². The third kappa shape index (κ3) is 4.33. The number of aliphatic hydroxyl groups excluding tert-OH is 4. The molecule has 1 amide bonds. The van der Waals surface area contributed by atoms with E-state index in [1.165, 1.54) is 0 Å². The highest BCUT2D eigenvalue weighted by atomic mass is 16.7. The highest BCUT2D eigenvalue weighted by Crippen LogP contribution is 2.22. The van der Waals surface area contributed by atoms with E-state index < -0.39 is 61.8 Å². The number of hydrogen-bond donors (Lipinski definition) is 6. The first-order chi connectivity index (χ1) is 9.81. The summed E-state index contributed by atoms with van der Waals surface area (Å²) in [7, 11) is 0. The van der Waals surface area contributed by atoms with Gasteiger partial charge < -0.3 is 41.0 Å². The SMILES string of the molecule is CC(=O)N[C@H]1C(OC(=O)[C@@H](N)CO)O[C@H](CO)[C@@H](O)[C@@H]1O. The van der Waals surface area contributed by atoms with Crippen LogP contribution in [0.25, 0.3) is 0 Å². The summed E-state index contributed by atoms with van der Waals surface area (Å²) in [5, 5.41) is 39.8. The maximum Gasteiger partial charge on any atom is 0.327 e. The fourth-order valence-corrected chi connectivity index (χ4v) is 1.85. The number of hydrogen-bond acceptors (Lipinski definition) is 9. The number of nitrogens with one attached hydrogen (secondary N) is 1. The van der Waals surface area contributed by atoms with Crippen molar-refractivity contribution in [2.24, 2.45) is 5.73 Å². The van der Waals surface area contributed by atoms with E-state index in [2.05, 4.69) is 5.32 Å². The molecule has 10 heteroatoms. The zero-order chi connectivity index (χ0) is 16.2. The molecule has 1 saturated heterocycles. The number of rotatable bonds is 5. The summed E-state index contributed by atoms with van der Waals surface area (Å²) in [5.41, 5.74) is 5.28. The number of carbonyl (C=O) groups is 2. The second-order valence-electron chi connectivity index (χ2n) is 4.66. The van der Waals surface area contributed by atoms with E-state index >= 15 is 0 Å². The highest BCUT2D eigenvalue weighted by molar-refractivity contribution is 5.76. The van der Waals surface area contributed by atoms with Crippen molar-refractivity contribution in [2.75, 3.05) is 13.2 Å². The summed E-state index contributed by atoms with van der Waals surface area (Å²) in [6, 6.07) is -2.56. The van der Waals surface area contributed by atoms with Crippen LogP contribution in [-0.2, 0) is 19.1 Å². The second kappa shape index (κ2) is 7.64. The van der Waals surface area contributed by atoms with E-state index in [0.29, 0.717) is 0 Å². The van der Waals surface area contributed by atoms with Crippen LogP contribution in [0.1, 0.15) is 6.92 Å². The predicted molar refractivity (Wildman–Crippen MR) is 66.5 cm³/mol. The van der Waals surface area contributed by atoms with Crippen molar-refractivity contribution in [3.05, 3.63) is 0 Å². The molecule has 0 saturated carbocycles. The van der Waals surface area contributed by atoms with Crippen LogP contribution in [0.2, 0.25) is 0 Å². The van der Waals surface area contributed by atoms with Gasteiger partial charge in [0, 0.05) is 6.92 Å². The Kier molecular flexibility index (Phi) is 6.45. The normalized spacial score (nSPS) is 34.1. The van der Waals surface area contributed by atoms with Crippen LogP contribution < -0.4 is 11.1 Å². The molecule has 6 atom stereocenters. The molecular formula is C11H20N2O8. The summed E-state index contributed by atoms with van der Waals surface area (Å²) in [6.07, 6.45) is -5.67. The molecule has 10 nitrogen and oxygen atoms in total. The molecule has 0 aromatic carbocycles. The van der Waals surface area contributed by atoms with Gasteiger partial charge in [-0.15, -0.1) is 0 Å². The Labute approximate surface area is 120 Å². The van der Waals surface area contributed by atoms with Crippen molar-refractivity contribution >= 4 is 11.9 Å². The molecule has 0 aromatic heterocycles. The van der Waals surface area contributed by atoms with Gasteiger partial charge in [0.25, 0.3) is 0 Å². The average Bonchev–Trinajstić information content (AvgIpc) is 2.45. The summed E-state index contributed by atoms with van der Waals surface area (Å²) < 4.78 is 10.0. The van der Waals surface area contributed by atoms with Gasteiger partial charge in [0.05, 0.1) is 13.2 Å². The maximum atomic E-state index is 11.6. The maximum absolute atomic E-state index is 11.6. The molecule has 122 valence electrons. The van der Waals surface area contributed by atoms with Gasteiger partial charge in [-0.25, -0.2) is 0 Å². The zero-order valence-electron chi connectivity index (χ0n) is 11.4. The van der Waals surface area contributed by atoms with Gasteiger partial charge >= 0.3 is 5.97 Å². The van der Waals surface area contributed by atoms with Gasteiger partial charge in [0.2, 0.25) is 12.2 Å². The molecule has 0 spiro atoms. The number of carbonyl (C=O) groups excluding carboxylic acids is 2. The van der Waals surface area contributed by atoms with Crippen molar-refractivity contribution in [2.45, 2.75) is 43.6 Å². The van der Waals surface area contributed by atoms with E-state index in [0.717, 1.165) is 6.92 Å². The van der Waals surface area contributed by atoms with E-state index in [1.807, 2.05) is 0 Å². The lowest BCUT2D eigenvalue weighted by Gasteiger charge is -2.41. The summed E-state index contributed by atoms with van der Waals surface area (Å²) in [4.78, 5) is 22.7. The molecule has 1 aliphatic heterocycles. The van der Waals surface area contributed by atoms with Crippen LogP contribution in [0, 0.1) is 0 Å². The number of amides is 1. The largest absolute Gasteiger partial charge is 0.432 e. The molecule has 21 heavy (non-hydrogen) atoms. The minimum atomic E-state index is -1.53. The van der Waals surface area contributed by atoms with E-state index in [1.54, 1.807) is 0 Å². The van der Waals surface area contributed by atoms with Crippen LogP contribution in [0.15, 0.2) is 0 Å². The Morgan fingerprint density at radius 2 is 1.95 bits per heavy atom. The van der Waals surface area contributed by atoms with Crippen LogP contribution in [0.5, 0.6) is 0 Å². The van der Waals surface area contributed by atoms with Gasteiger partial charge in [-0.3, -0.25) is 9.59 Å². The van der Waals surface area contributed by atoms with Crippen LogP contribution in [0.4, 0.5) is 0 Å². The summed E-state index contributed by atoms with van der Waals surface area (Å²) >= 11 is 0. The molecule has 0 bridgehead atoms. The van der Waals surface area contributed by atoms with Crippen molar-refractivity contribution < 1.29 is 39.5 Å². The summed E-state index contributed by atoms with van der Waals surface area (Å²) in [5.74, 6) is -1.57. The Morgan fingerprint density at radius 1 is 1.33 bits per heavy atom. The van der Waals surface area contributed by atoms with Gasteiger partial charge in [0.1, 0.15) is 30.4 Å². The third-order valence-corrected chi connectivity index (χ3v) is 2.98. The topological polar surface area (TPSA) is 172 Å². The first kappa shape index (κ1) is 17.8. The molecule has 1 fully saturated rings. The lowest BCUT2D eigenvalue weighted by atomic mass is 9.97. The second-order valence-corrected chi connectivity index (χ2v) is 4.66. The lowest BCUT2D eigenvalue weighted by Crippen LogP contribution is -2.65. The van der Waals surface area contributed by atoms with Crippen molar-refractivity contribution in [3.8, 4) is 0 Å². The fraction of sp³-hybridized carbons (Fsp3) is 0.818. The molecule has 0 radical (unpaired) electrons. The van der Waals surface area contributed by atoms with Crippen LogP contribution in [-0.4, -0.2) is 82.2 Å². The zero-order valence-corrected chi connectivity index (χ0v) is 11.4. The number of aliphatic hydroxyl groups is 4. The fourth-order valence-electron chi connectivity index (χ4n) is 1.85. The molecule has 7 N–H and O–H groups in total. The molecule has 0 aliphatic carbocycles. The van der Waals surface area contributed by atoms with Crippen LogP contribution >= 0.6 is 0 Å². The predicted octanol–water partition coefficient (Wildman–Crippen LogP) is -4.21. The monoisotopic (exact) mass is 308 g/mol. The van der Waals surface area contributed by atoms with Gasteiger partial charge in [-0.2, -0.15) is 0 Å². The average molecular weight is 308 g/mol. The summed E-state index contributed by atoms with van der Waals surface area (Å²) in [6.45, 7) is -0.133. The molecule has 1 heterocycles. The van der Waals surface area contributed by atoms with Crippen molar-refractivity contribution in [1.82, 2.24) is 5.32 Å². The van der Waals surface area contributed by atoms with Crippen LogP contribution in [0.3, 0.4) is 0 Å². The number of ether oxygens (including phenoxy) is 2. The van der Waals surface area contributed by atoms with Gasteiger partial charge in [0.15, 0.2) is 0 Å².